The number of hydrogen-bond donors (Lipinski definition) is 2. The van der Waals surface area contributed by atoms with Crippen LogP contribution in [-0.2, 0) is 7.05 Å². The van der Waals surface area contributed by atoms with E-state index < -0.39 is 0 Å². The Morgan fingerprint density at radius 3 is 2.49 bits per heavy atom. The number of rotatable bonds is 4. The Hall–Kier alpha value is -4.14. The van der Waals surface area contributed by atoms with E-state index >= 15 is 0 Å². The van der Waals surface area contributed by atoms with E-state index in [0.717, 1.165) is 53.0 Å². The molecule has 1 aliphatic heterocycles. The summed E-state index contributed by atoms with van der Waals surface area (Å²) in [6.07, 6.45) is 6.79. The Balaban J connectivity index is 1.47. The standard InChI is InChI=1S/C30H29ClN6O2/c1-18-12-22(20-4-5-26(24(31)14-20)37-11-10-35(3)30(37)39)29(38)23(13-18)21-15-25-28(34-7-6-33-25)27(16-21)36-9-8-32-19(2)17-36/h4-7,10-16,19,32,38H,8-9,17H2,1-3H3/t19-/m1/s1. The van der Waals surface area contributed by atoms with Crippen LogP contribution < -0.4 is 15.9 Å². The van der Waals surface area contributed by atoms with Crippen LogP contribution in [0, 0.1) is 6.92 Å². The summed E-state index contributed by atoms with van der Waals surface area (Å²) in [5.41, 5.74) is 7.02. The van der Waals surface area contributed by atoms with Crippen LogP contribution in [0.5, 0.6) is 5.75 Å². The van der Waals surface area contributed by atoms with E-state index in [1.807, 2.05) is 31.2 Å². The molecule has 1 aliphatic rings. The summed E-state index contributed by atoms with van der Waals surface area (Å²) in [6.45, 7) is 6.78. The Bertz CT molecular complexity index is 1780. The van der Waals surface area contributed by atoms with E-state index in [1.165, 1.54) is 9.13 Å². The lowest BCUT2D eigenvalue weighted by Gasteiger charge is -2.34. The van der Waals surface area contributed by atoms with Crippen molar-refractivity contribution in [2.45, 2.75) is 19.9 Å². The highest BCUT2D eigenvalue weighted by Crippen LogP contribution is 2.42. The number of anilines is 1. The summed E-state index contributed by atoms with van der Waals surface area (Å²) in [5, 5.41) is 15.5. The van der Waals surface area contributed by atoms with Gasteiger partial charge in [-0.1, -0.05) is 17.7 Å². The molecule has 0 aliphatic carbocycles. The molecule has 39 heavy (non-hydrogen) atoms. The van der Waals surface area contributed by atoms with E-state index in [0.29, 0.717) is 27.9 Å². The summed E-state index contributed by atoms with van der Waals surface area (Å²) >= 11 is 6.65. The number of benzene rings is 3. The van der Waals surface area contributed by atoms with Gasteiger partial charge in [0.25, 0.3) is 0 Å². The molecule has 5 aromatic rings. The van der Waals surface area contributed by atoms with Crippen molar-refractivity contribution in [3.8, 4) is 33.7 Å². The predicted octanol–water partition coefficient (Wildman–Crippen LogP) is 4.92. The van der Waals surface area contributed by atoms with Crippen LogP contribution >= 0.6 is 11.6 Å². The second-order valence-corrected chi connectivity index (χ2v) is 10.6. The fourth-order valence-corrected chi connectivity index (χ4v) is 5.61. The minimum absolute atomic E-state index is 0.157. The van der Waals surface area contributed by atoms with Crippen LogP contribution in [0.4, 0.5) is 5.69 Å². The zero-order chi connectivity index (χ0) is 27.3. The third-order valence-corrected chi connectivity index (χ3v) is 7.60. The molecule has 8 nitrogen and oxygen atoms in total. The van der Waals surface area contributed by atoms with Crippen molar-refractivity contribution in [3.05, 3.63) is 88.3 Å². The molecule has 1 fully saturated rings. The van der Waals surface area contributed by atoms with Gasteiger partial charge in [-0.15, -0.1) is 0 Å². The molecule has 2 aromatic heterocycles. The number of aromatic hydroxyl groups is 1. The summed E-state index contributed by atoms with van der Waals surface area (Å²) < 4.78 is 2.99. The van der Waals surface area contributed by atoms with Gasteiger partial charge < -0.3 is 19.9 Å². The minimum Gasteiger partial charge on any atom is -0.507 e. The number of aryl methyl sites for hydroxylation is 2. The fourth-order valence-electron chi connectivity index (χ4n) is 5.34. The smallest absolute Gasteiger partial charge is 0.332 e. The van der Waals surface area contributed by atoms with Gasteiger partial charge in [0, 0.05) is 68.6 Å². The first kappa shape index (κ1) is 25.2. The molecule has 1 saturated heterocycles. The molecule has 1 atom stereocenters. The number of halogens is 1. The second kappa shape index (κ2) is 9.87. The third kappa shape index (κ3) is 4.56. The average Bonchev–Trinajstić information content (AvgIpc) is 3.26. The van der Waals surface area contributed by atoms with Crippen molar-refractivity contribution >= 4 is 28.3 Å². The molecule has 2 N–H and O–H groups in total. The molecule has 9 heteroatoms. The maximum Gasteiger partial charge on any atom is 0.332 e. The summed E-state index contributed by atoms with van der Waals surface area (Å²) in [5.74, 6) is 0.157. The molecule has 0 amide bonds. The highest BCUT2D eigenvalue weighted by Gasteiger charge is 2.22. The van der Waals surface area contributed by atoms with E-state index in [2.05, 4.69) is 33.2 Å². The van der Waals surface area contributed by atoms with Crippen LogP contribution in [0.1, 0.15) is 12.5 Å². The quantitative estimate of drug-likeness (QED) is 0.336. The summed E-state index contributed by atoms with van der Waals surface area (Å²) in [4.78, 5) is 24.0. The number of fused-ring (bicyclic) bond motifs is 1. The van der Waals surface area contributed by atoms with E-state index in [4.69, 9.17) is 11.6 Å². The van der Waals surface area contributed by atoms with E-state index in [1.54, 1.807) is 44.0 Å². The summed E-state index contributed by atoms with van der Waals surface area (Å²) in [7, 11) is 1.69. The van der Waals surface area contributed by atoms with Gasteiger partial charge in [0.1, 0.15) is 11.3 Å². The Morgan fingerprint density at radius 2 is 1.77 bits per heavy atom. The van der Waals surface area contributed by atoms with Crippen LogP contribution in [0.3, 0.4) is 0 Å². The van der Waals surface area contributed by atoms with Gasteiger partial charge in [-0.25, -0.2) is 4.79 Å². The molecule has 0 saturated carbocycles. The number of phenols is 1. The first-order chi connectivity index (χ1) is 18.8. The molecule has 198 valence electrons. The van der Waals surface area contributed by atoms with Crippen molar-refractivity contribution in [2.24, 2.45) is 7.05 Å². The van der Waals surface area contributed by atoms with E-state index in [9.17, 15) is 9.90 Å². The van der Waals surface area contributed by atoms with Crippen molar-refractivity contribution in [1.82, 2.24) is 24.4 Å². The maximum atomic E-state index is 12.4. The Morgan fingerprint density at radius 1 is 1.00 bits per heavy atom. The molecular formula is C30H29ClN6O2. The third-order valence-electron chi connectivity index (χ3n) is 7.29. The van der Waals surface area contributed by atoms with Gasteiger partial charge in [-0.3, -0.25) is 14.5 Å². The number of nitrogens with one attached hydrogen (secondary N) is 1. The number of imidazole rings is 1. The average molecular weight is 541 g/mol. The normalized spacial score (nSPS) is 15.7. The zero-order valence-electron chi connectivity index (χ0n) is 22.0. The second-order valence-electron chi connectivity index (χ2n) is 10.2. The first-order valence-corrected chi connectivity index (χ1v) is 13.3. The molecule has 3 aromatic carbocycles. The van der Waals surface area contributed by atoms with Crippen molar-refractivity contribution in [2.75, 3.05) is 24.5 Å². The number of nitrogens with zero attached hydrogens (tertiary/aromatic N) is 5. The van der Waals surface area contributed by atoms with Gasteiger partial charge in [0.05, 0.1) is 21.9 Å². The van der Waals surface area contributed by atoms with Gasteiger partial charge in [0.15, 0.2) is 0 Å². The van der Waals surface area contributed by atoms with Crippen molar-refractivity contribution in [3.63, 3.8) is 0 Å². The lowest BCUT2D eigenvalue weighted by molar-refractivity contribution is 0.479. The number of piperazine rings is 1. The lowest BCUT2D eigenvalue weighted by atomic mass is 9.94. The molecule has 3 heterocycles. The number of hydrogen-bond acceptors (Lipinski definition) is 6. The molecule has 0 bridgehead atoms. The van der Waals surface area contributed by atoms with Gasteiger partial charge in [-0.05, 0) is 66.9 Å². The Labute approximate surface area is 231 Å². The number of aromatic nitrogens is 4. The topological polar surface area (TPSA) is 88.2 Å². The van der Waals surface area contributed by atoms with Crippen LogP contribution in [-0.4, -0.2) is 49.9 Å². The number of phenolic OH excluding ortho intramolecular Hbond substituents is 1. The van der Waals surface area contributed by atoms with Gasteiger partial charge in [-0.2, -0.15) is 0 Å². The SMILES string of the molecule is Cc1cc(-c2ccc(-n3ccn(C)c3=O)c(Cl)c2)c(O)c(-c2cc(N3CCN[C@H](C)C3)c3nccnc3c2)c1. The van der Waals surface area contributed by atoms with Crippen molar-refractivity contribution in [1.29, 1.82) is 0 Å². The maximum absolute atomic E-state index is 12.4. The first-order valence-electron chi connectivity index (χ1n) is 12.9. The van der Waals surface area contributed by atoms with E-state index in [-0.39, 0.29) is 11.4 Å². The minimum atomic E-state index is -0.181. The van der Waals surface area contributed by atoms with Crippen molar-refractivity contribution < 1.29 is 5.11 Å². The monoisotopic (exact) mass is 540 g/mol. The fraction of sp³-hybridized carbons (Fsp3) is 0.233. The molecule has 0 spiro atoms. The molecule has 0 radical (unpaired) electrons. The highest BCUT2D eigenvalue weighted by atomic mass is 35.5. The van der Waals surface area contributed by atoms with Crippen LogP contribution in [0.25, 0.3) is 39.0 Å². The highest BCUT2D eigenvalue weighted by molar-refractivity contribution is 6.32. The molecule has 6 rings (SSSR count). The van der Waals surface area contributed by atoms with Gasteiger partial charge in [0.2, 0.25) is 0 Å². The summed E-state index contributed by atoms with van der Waals surface area (Å²) in [6, 6.07) is 13.8. The zero-order valence-corrected chi connectivity index (χ0v) is 22.8. The van der Waals surface area contributed by atoms with Gasteiger partial charge >= 0.3 is 5.69 Å². The Kier molecular flexibility index (Phi) is 6.37. The molecular weight excluding hydrogens is 512 g/mol. The largest absolute Gasteiger partial charge is 0.507 e. The lowest BCUT2D eigenvalue weighted by Crippen LogP contribution is -2.49. The van der Waals surface area contributed by atoms with Crippen LogP contribution in [0.15, 0.2) is 72.0 Å². The van der Waals surface area contributed by atoms with Crippen LogP contribution in [0.2, 0.25) is 5.02 Å². The molecule has 0 unspecified atom stereocenters. The predicted molar refractivity (Wildman–Crippen MR) is 156 cm³/mol.